The summed E-state index contributed by atoms with van der Waals surface area (Å²) in [5, 5.41) is 0. The van der Waals surface area contributed by atoms with Gasteiger partial charge in [-0.15, -0.1) is 0 Å². The Hall–Kier alpha value is -2.12. The molecule has 1 heteroatoms. The summed E-state index contributed by atoms with van der Waals surface area (Å²) in [5.41, 5.74) is 4.90. The second-order valence-electron chi connectivity index (χ2n) is 5.30. The van der Waals surface area contributed by atoms with Gasteiger partial charge in [0.15, 0.2) is 0 Å². The summed E-state index contributed by atoms with van der Waals surface area (Å²) in [4.78, 5) is 0. The highest BCUT2D eigenvalue weighted by Crippen LogP contribution is 2.09. The highest BCUT2D eigenvalue weighted by Gasteiger charge is 1.95. The summed E-state index contributed by atoms with van der Waals surface area (Å²) in [6, 6.07) is 20.7. The van der Waals surface area contributed by atoms with E-state index >= 15 is 0 Å². The van der Waals surface area contributed by atoms with Crippen LogP contribution in [0.4, 0.5) is 0 Å². The molecule has 0 aliphatic heterocycles. The van der Waals surface area contributed by atoms with Gasteiger partial charge in [-0.25, -0.2) is 0 Å². The second kappa shape index (κ2) is 8.23. The minimum absolute atomic E-state index is 0.662. The SMILES string of the molecule is CC(=Cc1ccccc1)COCC(C)=Cc1ccccc1. The van der Waals surface area contributed by atoms with Crippen molar-refractivity contribution in [2.24, 2.45) is 0 Å². The molecule has 0 amide bonds. The fraction of sp³-hybridized carbons (Fsp3) is 0.200. The van der Waals surface area contributed by atoms with Gasteiger partial charge in [-0.1, -0.05) is 72.8 Å². The lowest BCUT2D eigenvalue weighted by molar-refractivity contribution is 0.181. The largest absolute Gasteiger partial charge is 0.373 e. The molecule has 0 saturated carbocycles. The smallest absolute Gasteiger partial charge is 0.0681 e. The number of hydrogen-bond donors (Lipinski definition) is 0. The van der Waals surface area contributed by atoms with Gasteiger partial charge in [0, 0.05) is 0 Å². The average Bonchev–Trinajstić information content (AvgIpc) is 2.49. The summed E-state index contributed by atoms with van der Waals surface area (Å²) in [7, 11) is 0. The molecule has 0 aliphatic carbocycles. The van der Waals surface area contributed by atoms with Gasteiger partial charge in [0.05, 0.1) is 13.2 Å². The van der Waals surface area contributed by atoms with Crippen molar-refractivity contribution in [1.29, 1.82) is 0 Å². The number of benzene rings is 2. The van der Waals surface area contributed by atoms with Crippen LogP contribution in [0.3, 0.4) is 0 Å². The van der Waals surface area contributed by atoms with Crippen LogP contribution in [0.1, 0.15) is 25.0 Å². The highest BCUT2D eigenvalue weighted by molar-refractivity contribution is 5.53. The molecule has 0 bridgehead atoms. The lowest BCUT2D eigenvalue weighted by Crippen LogP contribution is -1.99. The Morgan fingerprint density at radius 2 is 1.10 bits per heavy atom. The molecule has 2 rings (SSSR count). The molecule has 0 aliphatic rings. The van der Waals surface area contributed by atoms with Crippen molar-refractivity contribution < 1.29 is 4.74 Å². The lowest BCUT2D eigenvalue weighted by Gasteiger charge is -2.05. The fourth-order valence-corrected chi connectivity index (χ4v) is 2.12. The van der Waals surface area contributed by atoms with Crippen molar-refractivity contribution in [2.45, 2.75) is 13.8 Å². The van der Waals surface area contributed by atoms with Crippen LogP contribution < -0.4 is 0 Å². The van der Waals surface area contributed by atoms with Crippen LogP contribution in [0, 0.1) is 0 Å². The van der Waals surface area contributed by atoms with E-state index in [-0.39, 0.29) is 0 Å². The summed E-state index contributed by atoms with van der Waals surface area (Å²) in [6.07, 6.45) is 4.33. The molecule has 0 fully saturated rings. The monoisotopic (exact) mass is 278 g/mol. The Kier molecular flexibility index (Phi) is 5.99. The predicted molar refractivity (Wildman–Crippen MR) is 91.0 cm³/mol. The first-order chi connectivity index (χ1) is 10.2. The van der Waals surface area contributed by atoms with E-state index in [2.05, 4.69) is 50.3 Å². The zero-order chi connectivity index (χ0) is 14.9. The maximum Gasteiger partial charge on any atom is 0.0681 e. The van der Waals surface area contributed by atoms with E-state index in [0.29, 0.717) is 13.2 Å². The third kappa shape index (κ3) is 5.80. The Labute approximate surface area is 127 Å². The summed E-state index contributed by atoms with van der Waals surface area (Å²) in [5.74, 6) is 0. The second-order valence-corrected chi connectivity index (χ2v) is 5.30. The van der Waals surface area contributed by atoms with Gasteiger partial charge in [0.1, 0.15) is 0 Å². The quantitative estimate of drug-likeness (QED) is 0.704. The third-order valence-electron chi connectivity index (χ3n) is 3.08. The molecular weight excluding hydrogens is 256 g/mol. The first-order valence-corrected chi connectivity index (χ1v) is 7.26. The van der Waals surface area contributed by atoms with Gasteiger partial charge in [-0.3, -0.25) is 0 Å². The van der Waals surface area contributed by atoms with Crippen LogP contribution in [0.5, 0.6) is 0 Å². The van der Waals surface area contributed by atoms with Crippen LogP contribution in [-0.4, -0.2) is 13.2 Å². The highest BCUT2D eigenvalue weighted by atomic mass is 16.5. The molecule has 0 aromatic heterocycles. The standard InChI is InChI=1S/C20H22O/c1-17(13-19-9-5-3-6-10-19)15-21-16-18(2)14-20-11-7-4-8-12-20/h3-14H,15-16H2,1-2H3. The fourth-order valence-electron chi connectivity index (χ4n) is 2.12. The predicted octanol–water partition coefficient (Wildman–Crippen LogP) is 5.21. The molecule has 0 heterocycles. The maximum atomic E-state index is 5.77. The van der Waals surface area contributed by atoms with E-state index < -0.39 is 0 Å². The van der Waals surface area contributed by atoms with Crippen molar-refractivity contribution >= 4 is 12.2 Å². The third-order valence-corrected chi connectivity index (χ3v) is 3.08. The van der Waals surface area contributed by atoms with Crippen LogP contribution in [0.15, 0.2) is 71.8 Å². The van der Waals surface area contributed by atoms with Crippen molar-refractivity contribution in [1.82, 2.24) is 0 Å². The molecule has 0 N–H and O–H groups in total. The van der Waals surface area contributed by atoms with Crippen LogP contribution in [0.25, 0.3) is 12.2 Å². The summed E-state index contributed by atoms with van der Waals surface area (Å²) >= 11 is 0. The molecule has 0 saturated heterocycles. The normalized spacial score (nSPS) is 12.5. The summed E-state index contributed by atoms with van der Waals surface area (Å²) in [6.45, 7) is 5.52. The van der Waals surface area contributed by atoms with E-state index in [9.17, 15) is 0 Å². The number of hydrogen-bond acceptors (Lipinski definition) is 1. The van der Waals surface area contributed by atoms with Crippen LogP contribution in [-0.2, 0) is 4.74 Å². The van der Waals surface area contributed by atoms with E-state index in [1.807, 2.05) is 36.4 Å². The molecule has 21 heavy (non-hydrogen) atoms. The molecular formula is C20H22O. The van der Waals surface area contributed by atoms with Gasteiger partial charge < -0.3 is 4.74 Å². The van der Waals surface area contributed by atoms with Gasteiger partial charge in [0.25, 0.3) is 0 Å². The molecule has 1 nitrogen and oxygen atoms in total. The van der Waals surface area contributed by atoms with E-state index in [1.165, 1.54) is 22.3 Å². The van der Waals surface area contributed by atoms with Crippen molar-refractivity contribution in [3.63, 3.8) is 0 Å². The van der Waals surface area contributed by atoms with E-state index in [0.717, 1.165) is 0 Å². The van der Waals surface area contributed by atoms with Gasteiger partial charge in [-0.05, 0) is 36.1 Å². The molecule has 108 valence electrons. The molecule has 2 aromatic rings. The molecule has 0 atom stereocenters. The van der Waals surface area contributed by atoms with Gasteiger partial charge in [-0.2, -0.15) is 0 Å². The zero-order valence-electron chi connectivity index (χ0n) is 12.8. The minimum atomic E-state index is 0.662. The molecule has 0 radical (unpaired) electrons. The average molecular weight is 278 g/mol. The Morgan fingerprint density at radius 1 is 0.714 bits per heavy atom. The van der Waals surface area contributed by atoms with Gasteiger partial charge in [0.2, 0.25) is 0 Å². The minimum Gasteiger partial charge on any atom is -0.373 e. The molecule has 2 aromatic carbocycles. The first-order valence-electron chi connectivity index (χ1n) is 7.26. The van der Waals surface area contributed by atoms with Crippen LogP contribution in [0.2, 0.25) is 0 Å². The Morgan fingerprint density at radius 3 is 1.48 bits per heavy atom. The Bertz CT molecular complexity index is 539. The van der Waals surface area contributed by atoms with Crippen molar-refractivity contribution in [2.75, 3.05) is 13.2 Å². The first kappa shape index (κ1) is 15.3. The Balaban J connectivity index is 1.81. The maximum absolute atomic E-state index is 5.77. The number of ether oxygens (including phenoxy) is 1. The van der Waals surface area contributed by atoms with Gasteiger partial charge >= 0.3 is 0 Å². The van der Waals surface area contributed by atoms with E-state index in [1.54, 1.807) is 0 Å². The molecule has 0 spiro atoms. The number of rotatable bonds is 6. The lowest BCUT2D eigenvalue weighted by atomic mass is 10.1. The topological polar surface area (TPSA) is 9.23 Å². The summed E-state index contributed by atoms with van der Waals surface area (Å²) < 4.78 is 5.77. The van der Waals surface area contributed by atoms with Crippen molar-refractivity contribution in [3.8, 4) is 0 Å². The van der Waals surface area contributed by atoms with Crippen LogP contribution >= 0.6 is 0 Å². The molecule has 0 unspecified atom stereocenters. The van der Waals surface area contributed by atoms with E-state index in [4.69, 9.17) is 4.74 Å². The zero-order valence-corrected chi connectivity index (χ0v) is 12.8. The van der Waals surface area contributed by atoms with Crippen molar-refractivity contribution in [3.05, 3.63) is 82.9 Å².